The molecule has 2 aromatic rings. The average Bonchev–Trinajstić information content (AvgIpc) is 2.89. The molecule has 1 aromatic carbocycles. The fourth-order valence-corrected chi connectivity index (χ4v) is 2.12. The lowest BCUT2D eigenvalue weighted by Gasteiger charge is -2.08. The number of nitrogens with zero attached hydrogens (tertiary/aromatic N) is 2. The van der Waals surface area contributed by atoms with Crippen LogP contribution in [0.1, 0.15) is 30.8 Å². The van der Waals surface area contributed by atoms with Crippen LogP contribution < -0.4 is 4.74 Å². The minimum absolute atomic E-state index is 0.176. The molecule has 4 nitrogen and oxygen atoms in total. The van der Waals surface area contributed by atoms with Crippen LogP contribution in [0.25, 0.3) is 0 Å². The predicted octanol–water partition coefficient (Wildman–Crippen LogP) is 2.58. The van der Waals surface area contributed by atoms with Gasteiger partial charge in [0.2, 0.25) is 0 Å². The Bertz CT molecular complexity index is 532. The Morgan fingerprint density at radius 2 is 1.95 bits per heavy atom. The van der Waals surface area contributed by atoms with Crippen LogP contribution in [0.4, 0.5) is 0 Å². The monoisotopic (exact) mass is 274 g/mol. The van der Waals surface area contributed by atoms with E-state index in [0.29, 0.717) is 13.0 Å². The second kappa shape index (κ2) is 7.10. The van der Waals surface area contributed by atoms with Gasteiger partial charge in [0.05, 0.1) is 11.4 Å². The van der Waals surface area contributed by atoms with Crippen molar-refractivity contribution in [2.45, 2.75) is 39.8 Å². The molecule has 1 aromatic heterocycles. The molecule has 0 saturated heterocycles. The summed E-state index contributed by atoms with van der Waals surface area (Å²) in [4.78, 5) is 0. The van der Waals surface area contributed by atoms with E-state index in [1.807, 2.05) is 28.9 Å². The zero-order valence-electron chi connectivity index (χ0n) is 12.2. The topological polar surface area (TPSA) is 47.3 Å². The standard InChI is InChI=1S/C16H22N2O2/c1-3-14-11-15(18(4-2)17-14)12-20-16-7-5-13(6-8-16)9-10-19/h5-8,11,19H,3-4,9-10,12H2,1-2H3. The molecule has 0 fully saturated rings. The summed E-state index contributed by atoms with van der Waals surface area (Å²) >= 11 is 0. The van der Waals surface area contributed by atoms with Gasteiger partial charge in [-0.3, -0.25) is 4.68 Å². The van der Waals surface area contributed by atoms with Crippen LogP contribution in [-0.2, 0) is 26.0 Å². The lowest BCUT2D eigenvalue weighted by atomic mass is 10.1. The number of aromatic nitrogens is 2. The zero-order chi connectivity index (χ0) is 14.4. The molecule has 0 radical (unpaired) electrons. The van der Waals surface area contributed by atoms with Gasteiger partial charge in [0, 0.05) is 13.2 Å². The number of benzene rings is 1. The quantitative estimate of drug-likeness (QED) is 0.844. The van der Waals surface area contributed by atoms with E-state index >= 15 is 0 Å². The highest BCUT2D eigenvalue weighted by Crippen LogP contribution is 2.15. The third-order valence-electron chi connectivity index (χ3n) is 3.29. The fourth-order valence-electron chi connectivity index (χ4n) is 2.12. The predicted molar refractivity (Wildman–Crippen MR) is 78.8 cm³/mol. The molecule has 0 atom stereocenters. The summed E-state index contributed by atoms with van der Waals surface area (Å²) in [6, 6.07) is 9.96. The summed E-state index contributed by atoms with van der Waals surface area (Å²) in [7, 11) is 0. The molecule has 20 heavy (non-hydrogen) atoms. The largest absolute Gasteiger partial charge is 0.487 e. The van der Waals surface area contributed by atoms with E-state index in [1.54, 1.807) is 0 Å². The second-order valence-electron chi connectivity index (χ2n) is 4.70. The van der Waals surface area contributed by atoms with Crippen molar-refractivity contribution in [2.24, 2.45) is 0 Å². The van der Waals surface area contributed by atoms with Crippen molar-refractivity contribution in [1.82, 2.24) is 9.78 Å². The lowest BCUT2D eigenvalue weighted by Crippen LogP contribution is -2.06. The maximum absolute atomic E-state index is 8.88. The van der Waals surface area contributed by atoms with Crippen LogP contribution in [-0.4, -0.2) is 21.5 Å². The minimum atomic E-state index is 0.176. The number of hydrogen-bond acceptors (Lipinski definition) is 3. The number of ether oxygens (including phenoxy) is 1. The minimum Gasteiger partial charge on any atom is -0.487 e. The highest BCUT2D eigenvalue weighted by atomic mass is 16.5. The van der Waals surface area contributed by atoms with Gasteiger partial charge in [-0.1, -0.05) is 19.1 Å². The molecular weight excluding hydrogens is 252 g/mol. The van der Waals surface area contributed by atoms with Gasteiger partial charge in [0.15, 0.2) is 0 Å². The van der Waals surface area contributed by atoms with Crippen molar-refractivity contribution >= 4 is 0 Å². The Morgan fingerprint density at radius 1 is 1.20 bits per heavy atom. The van der Waals surface area contributed by atoms with Gasteiger partial charge in [0.1, 0.15) is 12.4 Å². The van der Waals surface area contributed by atoms with E-state index in [4.69, 9.17) is 9.84 Å². The molecule has 0 aliphatic heterocycles. The number of aliphatic hydroxyl groups is 1. The Morgan fingerprint density at radius 3 is 2.55 bits per heavy atom. The molecular formula is C16H22N2O2. The average molecular weight is 274 g/mol. The van der Waals surface area contributed by atoms with Crippen LogP contribution in [0.3, 0.4) is 0 Å². The van der Waals surface area contributed by atoms with Gasteiger partial charge in [-0.05, 0) is 43.5 Å². The van der Waals surface area contributed by atoms with Gasteiger partial charge >= 0.3 is 0 Å². The normalized spacial score (nSPS) is 10.8. The lowest BCUT2D eigenvalue weighted by molar-refractivity contribution is 0.291. The number of aryl methyl sites for hydroxylation is 2. The molecule has 0 aliphatic rings. The zero-order valence-corrected chi connectivity index (χ0v) is 12.2. The summed E-state index contributed by atoms with van der Waals surface area (Å²) in [5.41, 5.74) is 3.32. The van der Waals surface area contributed by atoms with Crippen molar-refractivity contribution < 1.29 is 9.84 Å². The van der Waals surface area contributed by atoms with Crippen molar-refractivity contribution in [3.05, 3.63) is 47.3 Å². The van der Waals surface area contributed by atoms with Gasteiger partial charge < -0.3 is 9.84 Å². The van der Waals surface area contributed by atoms with Crippen LogP contribution in [0, 0.1) is 0 Å². The summed E-state index contributed by atoms with van der Waals surface area (Å²) in [5.74, 6) is 0.841. The van der Waals surface area contributed by atoms with Gasteiger partial charge in [0.25, 0.3) is 0 Å². The Labute approximate surface area is 120 Å². The van der Waals surface area contributed by atoms with Crippen LogP contribution >= 0.6 is 0 Å². The van der Waals surface area contributed by atoms with Gasteiger partial charge in [-0.2, -0.15) is 5.10 Å². The van der Waals surface area contributed by atoms with E-state index in [2.05, 4.69) is 25.0 Å². The highest BCUT2D eigenvalue weighted by molar-refractivity contribution is 5.27. The molecule has 0 amide bonds. The third kappa shape index (κ3) is 3.61. The molecule has 0 bridgehead atoms. The van der Waals surface area contributed by atoms with Crippen LogP contribution in [0.2, 0.25) is 0 Å². The molecule has 0 saturated carbocycles. The Hall–Kier alpha value is -1.81. The van der Waals surface area contributed by atoms with Crippen molar-refractivity contribution in [3.8, 4) is 5.75 Å². The highest BCUT2D eigenvalue weighted by Gasteiger charge is 2.06. The first-order valence-electron chi connectivity index (χ1n) is 7.15. The molecule has 108 valence electrons. The van der Waals surface area contributed by atoms with Crippen molar-refractivity contribution in [3.63, 3.8) is 0 Å². The maximum atomic E-state index is 8.88. The van der Waals surface area contributed by atoms with E-state index in [9.17, 15) is 0 Å². The van der Waals surface area contributed by atoms with E-state index in [1.165, 1.54) is 0 Å². The number of hydrogen-bond donors (Lipinski definition) is 1. The molecule has 0 spiro atoms. The number of aliphatic hydroxyl groups excluding tert-OH is 1. The summed E-state index contributed by atoms with van der Waals surface area (Å²) < 4.78 is 7.79. The summed E-state index contributed by atoms with van der Waals surface area (Å²) in [6.45, 7) is 5.75. The first kappa shape index (κ1) is 14.6. The van der Waals surface area contributed by atoms with E-state index in [-0.39, 0.29) is 6.61 Å². The third-order valence-corrected chi connectivity index (χ3v) is 3.29. The molecule has 2 rings (SSSR count). The summed E-state index contributed by atoms with van der Waals surface area (Å²) in [5, 5.41) is 13.4. The molecule has 0 aliphatic carbocycles. The SMILES string of the molecule is CCc1cc(COc2ccc(CCO)cc2)n(CC)n1. The molecule has 1 N–H and O–H groups in total. The summed E-state index contributed by atoms with van der Waals surface area (Å²) in [6.07, 6.45) is 1.62. The molecule has 1 heterocycles. The van der Waals surface area contributed by atoms with Gasteiger partial charge in [-0.25, -0.2) is 0 Å². The van der Waals surface area contributed by atoms with Gasteiger partial charge in [-0.15, -0.1) is 0 Å². The van der Waals surface area contributed by atoms with Crippen LogP contribution in [0.15, 0.2) is 30.3 Å². The Balaban J connectivity index is 1.99. The Kier molecular flexibility index (Phi) is 5.18. The first-order chi connectivity index (χ1) is 9.76. The fraction of sp³-hybridized carbons (Fsp3) is 0.438. The van der Waals surface area contributed by atoms with Crippen LogP contribution in [0.5, 0.6) is 5.75 Å². The first-order valence-corrected chi connectivity index (χ1v) is 7.15. The molecule has 4 heteroatoms. The smallest absolute Gasteiger partial charge is 0.130 e. The van der Waals surface area contributed by atoms with E-state index < -0.39 is 0 Å². The molecule has 0 unspecified atom stereocenters. The van der Waals surface area contributed by atoms with Crippen molar-refractivity contribution in [1.29, 1.82) is 0 Å². The van der Waals surface area contributed by atoms with Crippen molar-refractivity contribution in [2.75, 3.05) is 6.61 Å². The second-order valence-corrected chi connectivity index (χ2v) is 4.70. The maximum Gasteiger partial charge on any atom is 0.130 e. The number of rotatable bonds is 7. The van der Waals surface area contributed by atoms with E-state index in [0.717, 1.165) is 35.7 Å².